The molecule has 1 fully saturated rings. The number of benzene rings is 1. The number of nitrogens with zero attached hydrogens (tertiary/aromatic N) is 1. The van der Waals surface area contributed by atoms with Crippen molar-refractivity contribution in [3.8, 4) is 0 Å². The highest BCUT2D eigenvalue weighted by molar-refractivity contribution is 6.00. The summed E-state index contributed by atoms with van der Waals surface area (Å²) in [6.45, 7) is 7.58. The van der Waals surface area contributed by atoms with E-state index in [0.29, 0.717) is 19.3 Å². The highest BCUT2D eigenvalue weighted by atomic mass is 16.4. The van der Waals surface area contributed by atoms with Gasteiger partial charge in [-0.15, -0.1) is 0 Å². The Kier molecular flexibility index (Phi) is 7.71. The van der Waals surface area contributed by atoms with E-state index in [-0.39, 0.29) is 41.2 Å². The molecule has 0 radical (unpaired) electrons. The molecule has 0 bridgehead atoms. The molecule has 1 aliphatic carbocycles. The van der Waals surface area contributed by atoms with Gasteiger partial charge >= 0.3 is 0 Å². The van der Waals surface area contributed by atoms with Crippen molar-refractivity contribution in [2.45, 2.75) is 71.1 Å². The van der Waals surface area contributed by atoms with Crippen LogP contribution in [0.25, 0.3) is 0 Å². The fourth-order valence-corrected chi connectivity index (χ4v) is 5.38. The number of amides is 4. The third-order valence-corrected chi connectivity index (χ3v) is 7.01. The lowest BCUT2D eigenvalue weighted by Crippen LogP contribution is -2.67. The Morgan fingerprint density at radius 3 is 2.27 bits per heavy atom. The van der Waals surface area contributed by atoms with Crippen LogP contribution in [0.15, 0.2) is 40.8 Å². The van der Waals surface area contributed by atoms with E-state index in [1.807, 2.05) is 52.0 Å². The van der Waals surface area contributed by atoms with Crippen LogP contribution in [-0.4, -0.2) is 53.7 Å². The first-order valence-electron chi connectivity index (χ1n) is 12.9. The van der Waals surface area contributed by atoms with E-state index in [1.54, 1.807) is 0 Å². The molecule has 1 saturated heterocycles. The van der Waals surface area contributed by atoms with Crippen molar-refractivity contribution >= 4 is 23.6 Å². The second kappa shape index (κ2) is 10.8. The number of carbonyl (C=O) groups excluding carboxylic acids is 4. The molecule has 1 aromatic heterocycles. The second-order valence-corrected chi connectivity index (χ2v) is 10.7. The summed E-state index contributed by atoms with van der Waals surface area (Å²) in [5.41, 5.74) is 2.33. The van der Waals surface area contributed by atoms with Crippen molar-refractivity contribution in [3.63, 3.8) is 0 Å². The van der Waals surface area contributed by atoms with Gasteiger partial charge in [0.2, 0.25) is 11.8 Å². The normalized spacial score (nSPS) is 20.7. The van der Waals surface area contributed by atoms with E-state index in [4.69, 9.17) is 4.42 Å². The molecule has 37 heavy (non-hydrogen) atoms. The van der Waals surface area contributed by atoms with Crippen molar-refractivity contribution in [1.82, 2.24) is 20.9 Å². The molecule has 3 atom stereocenters. The van der Waals surface area contributed by atoms with Crippen molar-refractivity contribution in [1.29, 1.82) is 0 Å². The quantitative estimate of drug-likeness (QED) is 0.506. The molecule has 2 heterocycles. The zero-order chi connectivity index (χ0) is 26.9. The van der Waals surface area contributed by atoms with Crippen LogP contribution in [0.5, 0.6) is 0 Å². The maximum atomic E-state index is 14.2. The number of fused-ring (bicyclic) bond motifs is 1. The Hall–Kier alpha value is -3.62. The largest absolute Gasteiger partial charge is 0.453 e. The molecule has 198 valence electrons. The first-order valence-corrected chi connectivity index (χ1v) is 12.9. The van der Waals surface area contributed by atoms with Gasteiger partial charge < -0.3 is 25.3 Å². The lowest BCUT2D eigenvalue weighted by molar-refractivity contribution is -0.158. The van der Waals surface area contributed by atoms with Gasteiger partial charge in [0.25, 0.3) is 11.8 Å². The maximum Gasteiger partial charge on any atom is 0.286 e. The molecule has 4 amide bonds. The summed E-state index contributed by atoms with van der Waals surface area (Å²) in [5, 5.41) is 8.36. The molecule has 9 heteroatoms. The van der Waals surface area contributed by atoms with Crippen LogP contribution >= 0.6 is 0 Å². The summed E-state index contributed by atoms with van der Waals surface area (Å²) >= 11 is 0. The third-order valence-electron chi connectivity index (χ3n) is 7.01. The van der Waals surface area contributed by atoms with Crippen LogP contribution in [0.4, 0.5) is 0 Å². The smallest absolute Gasteiger partial charge is 0.286 e. The van der Waals surface area contributed by atoms with E-state index >= 15 is 0 Å². The molecule has 1 aromatic carbocycles. The molecule has 1 aliphatic heterocycles. The number of hydrogen-bond donors (Lipinski definition) is 3. The van der Waals surface area contributed by atoms with Gasteiger partial charge in [-0.3, -0.25) is 19.2 Å². The number of piperazine rings is 1. The van der Waals surface area contributed by atoms with Crippen LogP contribution in [0.2, 0.25) is 0 Å². The molecular formula is C28H36N4O5. The summed E-state index contributed by atoms with van der Waals surface area (Å²) < 4.78 is 5.80. The van der Waals surface area contributed by atoms with Crippen molar-refractivity contribution < 1.29 is 23.6 Å². The highest BCUT2D eigenvalue weighted by Gasteiger charge is 2.50. The van der Waals surface area contributed by atoms with E-state index in [2.05, 4.69) is 16.0 Å². The van der Waals surface area contributed by atoms with Gasteiger partial charge in [0.15, 0.2) is 11.8 Å². The third kappa shape index (κ3) is 5.40. The van der Waals surface area contributed by atoms with Gasteiger partial charge in [0.1, 0.15) is 17.8 Å². The second-order valence-electron chi connectivity index (χ2n) is 10.7. The summed E-state index contributed by atoms with van der Waals surface area (Å²) in [7, 11) is 1.48. The molecule has 2 aliphatic rings. The maximum absolute atomic E-state index is 14.2. The fraction of sp³-hybridized carbons (Fsp3) is 0.500. The Labute approximate surface area is 217 Å². The molecule has 3 N–H and O–H groups in total. The average Bonchev–Trinajstić information content (AvgIpc) is 3.49. The Morgan fingerprint density at radius 1 is 1.05 bits per heavy atom. The minimum Gasteiger partial charge on any atom is -0.453 e. The number of nitrogens with one attached hydrogen (secondary N) is 3. The van der Waals surface area contributed by atoms with Gasteiger partial charge in [0, 0.05) is 13.1 Å². The van der Waals surface area contributed by atoms with Crippen molar-refractivity contribution in [2.24, 2.45) is 11.8 Å². The first-order chi connectivity index (χ1) is 17.6. The zero-order valence-electron chi connectivity index (χ0n) is 22.0. The molecule has 9 nitrogen and oxygen atoms in total. The van der Waals surface area contributed by atoms with Crippen LogP contribution in [0.3, 0.4) is 0 Å². The van der Waals surface area contributed by atoms with Crippen LogP contribution in [-0.2, 0) is 27.2 Å². The highest BCUT2D eigenvalue weighted by Crippen LogP contribution is 2.35. The molecule has 2 aromatic rings. The first kappa shape index (κ1) is 26.4. The average molecular weight is 509 g/mol. The van der Waals surface area contributed by atoms with Crippen LogP contribution in [0.1, 0.15) is 67.6 Å². The Morgan fingerprint density at radius 2 is 1.70 bits per heavy atom. The lowest BCUT2D eigenvalue weighted by Gasteiger charge is -2.44. The topological polar surface area (TPSA) is 121 Å². The van der Waals surface area contributed by atoms with Crippen LogP contribution in [0, 0.1) is 11.8 Å². The summed E-state index contributed by atoms with van der Waals surface area (Å²) in [5.74, 6) is -1.37. The predicted octanol–water partition coefficient (Wildman–Crippen LogP) is 2.36. The SMILES string of the molecule is CNC(=O)c1ccc([C@H](C(=O)NC(C)C)N2C(=O)C(C3Cc4ccccc4C3)NC(=O)[C@H]2CC(C)C)o1. The van der Waals surface area contributed by atoms with E-state index in [0.717, 1.165) is 0 Å². The van der Waals surface area contributed by atoms with Crippen molar-refractivity contribution in [3.05, 3.63) is 59.0 Å². The van der Waals surface area contributed by atoms with Gasteiger partial charge in [-0.25, -0.2) is 0 Å². The standard InChI is InChI=1S/C28H36N4O5/c1-15(2)12-20-25(33)31-23(19-13-17-8-6-7-9-18(17)14-19)28(36)32(20)24(27(35)30-16(3)4)21-10-11-22(37-21)26(34)29-5/h6-11,15-16,19-20,23-24H,12-14H2,1-5H3,(H,29,34)(H,30,35)(H,31,33)/t20-,23?,24-/m1/s1. The summed E-state index contributed by atoms with van der Waals surface area (Å²) in [4.78, 5) is 54.9. The summed E-state index contributed by atoms with van der Waals surface area (Å²) in [6, 6.07) is 8.01. The predicted molar refractivity (Wildman–Crippen MR) is 137 cm³/mol. The molecule has 0 spiro atoms. The van der Waals surface area contributed by atoms with Gasteiger partial charge in [-0.05, 0) is 68.2 Å². The van der Waals surface area contributed by atoms with E-state index < -0.39 is 29.9 Å². The monoisotopic (exact) mass is 508 g/mol. The van der Waals surface area contributed by atoms with E-state index in [9.17, 15) is 19.2 Å². The lowest BCUT2D eigenvalue weighted by atomic mass is 9.88. The van der Waals surface area contributed by atoms with Crippen LogP contribution < -0.4 is 16.0 Å². The minimum atomic E-state index is -1.20. The summed E-state index contributed by atoms with van der Waals surface area (Å²) in [6.07, 6.45) is 1.71. The van der Waals surface area contributed by atoms with E-state index in [1.165, 1.54) is 35.2 Å². The number of carbonyl (C=O) groups is 4. The van der Waals surface area contributed by atoms with Gasteiger partial charge in [-0.2, -0.15) is 0 Å². The molecule has 0 saturated carbocycles. The Balaban J connectivity index is 1.75. The zero-order valence-corrected chi connectivity index (χ0v) is 22.0. The number of furan rings is 1. The van der Waals surface area contributed by atoms with Gasteiger partial charge in [0.05, 0.1) is 0 Å². The molecule has 1 unspecified atom stereocenters. The van der Waals surface area contributed by atoms with Crippen molar-refractivity contribution in [2.75, 3.05) is 7.05 Å². The van der Waals surface area contributed by atoms with Gasteiger partial charge in [-0.1, -0.05) is 38.1 Å². The number of hydrogen-bond acceptors (Lipinski definition) is 5. The molecule has 4 rings (SSSR count). The number of rotatable bonds is 8. The fourth-order valence-electron chi connectivity index (χ4n) is 5.38. The Bertz CT molecular complexity index is 1160. The molecular weight excluding hydrogens is 472 g/mol. The minimum absolute atomic E-state index is 0.0250.